The summed E-state index contributed by atoms with van der Waals surface area (Å²) in [6.07, 6.45) is 4.21. The summed E-state index contributed by atoms with van der Waals surface area (Å²) < 4.78 is 7.47. The van der Waals surface area contributed by atoms with Gasteiger partial charge in [0.15, 0.2) is 5.96 Å². The highest BCUT2D eigenvalue weighted by atomic mass is 127. The van der Waals surface area contributed by atoms with Crippen LogP contribution in [0.15, 0.2) is 17.3 Å². The van der Waals surface area contributed by atoms with Crippen LogP contribution < -0.4 is 5.32 Å². The maximum Gasteiger partial charge on any atom is 0.193 e. The Morgan fingerprint density at radius 1 is 1.52 bits per heavy atom. The lowest BCUT2D eigenvalue weighted by Crippen LogP contribution is -2.41. The van der Waals surface area contributed by atoms with Crippen LogP contribution in [0.2, 0.25) is 0 Å². The van der Waals surface area contributed by atoms with Gasteiger partial charge in [-0.3, -0.25) is 9.67 Å². The smallest absolute Gasteiger partial charge is 0.193 e. The fourth-order valence-corrected chi connectivity index (χ4v) is 3.16. The predicted molar refractivity (Wildman–Crippen MR) is 92.9 cm³/mol. The van der Waals surface area contributed by atoms with E-state index >= 15 is 0 Å². The average molecular weight is 405 g/mol. The van der Waals surface area contributed by atoms with Crippen molar-refractivity contribution in [1.29, 1.82) is 0 Å². The van der Waals surface area contributed by atoms with Crippen LogP contribution in [0.4, 0.5) is 0 Å². The van der Waals surface area contributed by atoms with Crippen LogP contribution in [0.3, 0.4) is 0 Å². The van der Waals surface area contributed by atoms with Crippen molar-refractivity contribution in [3.63, 3.8) is 0 Å². The summed E-state index contributed by atoms with van der Waals surface area (Å²) in [6.45, 7) is 4.69. The van der Waals surface area contributed by atoms with E-state index in [0.29, 0.717) is 5.41 Å². The second-order valence-electron chi connectivity index (χ2n) is 5.82. The van der Waals surface area contributed by atoms with Gasteiger partial charge in [0.1, 0.15) is 0 Å². The van der Waals surface area contributed by atoms with Crippen molar-refractivity contribution >= 4 is 29.9 Å². The maximum absolute atomic E-state index is 5.58. The molecule has 2 aliphatic heterocycles. The molecule has 3 heterocycles. The number of rotatable bonds is 2. The number of likely N-dealkylation sites (tertiary alicyclic amines) is 1. The average Bonchev–Trinajstić information content (AvgIpc) is 3.16. The van der Waals surface area contributed by atoms with Gasteiger partial charge in [0.05, 0.1) is 18.8 Å². The van der Waals surface area contributed by atoms with E-state index in [9.17, 15) is 0 Å². The molecule has 1 N–H and O–H groups in total. The normalized spacial score (nSPS) is 25.4. The summed E-state index contributed by atoms with van der Waals surface area (Å²) >= 11 is 0. The lowest BCUT2D eigenvalue weighted by atomic mass is 9.87. The van der Waals surface area contributed by atoms with E-state index in [0.717, 1.165) is 44.5 Å². The molecule has 7 heteroatoms. The molecule has 1 spiro atoms. The topological polar surface area (TPSA) is 54.7 Å². The highest BCUT2D eigenvalue weighted by molar-refractivity contribution is 14.0. The molecule has 6 nitrogen and oxygen atoms in total. The zero-order valence-electron chi connectivity index (χ0n) is 12.7. The number of aromatic nitrogens is 2. The Bertz CT molecular complexity index is 495. The zero-order chi connectivity index (χ0) is 14.0. The summed E-state index contributed by atoms with van der Waals surface area (Å²) in [7, 11) is 3.81. The SMILES string of the molecule is CN=C(NCc1ccnn1C)N1CCC2(CCOC2)C1.I. The van der Waals surface area contributed by atoms with Crippen molar-refractivity contribution in [3.8, 4) is 0 Å². The van der Waals surface area contributed by atoms with Crippen LogP contribution in [0.5, 0.6) is 0 Å². The lowest BCUT2D eigenvalue weighted by Gasteiger charge is -2.24. The molecule has 2 saturated heterocycles. The molecule has 1 aromatic rings. The number of aliphatic imine (C=N–C) groups is 1. The molecule has 1 aromatic heterocycles. The second-order valence-corrected chi connectivity index (χ2v) is 5.82. The fraction of sp³-hybridized carbons (Fsp3) is 0.714. The summed E-state index contributed by atoms with van der Waals surface area (Å²) in [5, 5.41) is 7.62. The van der Waals surface area contributed by atoms with E-state index in [-0.39, 0.29) is 24.0 Å². The standard InChI is InChI=1S/C14H23N5O.HI/c1-15-13(16-9-12-3-6-17-18(12)2)19-7-4-14(10-19)5-8-20-11-14;/h3,6H,4-5,7-11H2,1-2H3,(H,15,16);1H. The van der Waals surface area contributed by atoms with Crippen LogP contribution in [0.1, 0.15) is 18.5 Å². The molecule has 0 aliphatic carbocycles. The monoisotopic (exact) mass is 405 g/mol. The Hall–Kier alpha value is -0.830. The molecule has 0 amide bonds. The highest BCUT2D eigenvalue weighted by Crippen LogP contribution is 2.38. The van der Waals surface area contributed by atoms with Crippen molar-refractivity contribution in [3.05, 3.63) is 18.0 Å². The van der Waals surface area contributed by atoms with Crippen LogP contribution in [0, 0.1) is 5.41 Å². The number of nitrogens with one attached hydrogen (secondary N) is 1. The Balaban J connectivity index is 0.00000161. The number of ether oxygens (including phenoxy) is 1. The molecular weight excluding hydrogens is 381 g/mol. The third kappa shape index (κ3) is 3.50. The van der Waals surface area contributed by atoms with E-state index in [1.807, 2.05) is 31.0 Å². The molecule has 1 unspecified atom stereocenters. The van der Waals surface area contributed by atoms with E-state index in [4.69, 9.17) is 4.74 Å². The quantitative estimate of drug-likeness (QED) is 0.457. The molecule has 0 aromatic carbocycles. The maximum atomic E-state index is 5.58. The van der Waals surface area contributed by atoms with Crippen molar-refractivity contribution in [2.45, 2.75) is 19.4 Å². The molecule has 118 valence electrons. The van der Waals surface area contributed by atoms with Gasteiger partial charge in [-0.15, -0.1) is 24.0 Å². The van der Waals surface area contributed by atoms with Crippen molar-refractivity contribution < 1.29 is 4.74 Å². The third-order valence-corrected chi connectivity index (χ3v) is 4.48. The lowest BCUT2D eigenvalue weighted by molar-refractivity contribution is 0.156. The van der Waals surface area contributed by atoms with Gasteiger partial charge < -0.3 is 15.0 Å². The van der Waals surface area contributed by atoms with E-state index < -0.39 is 0 Å². The van der Waals surface area contributed by atoms with Crippen LogP contribution in [-0.4, -0.2) is 54.0 Å². The van der Waals surface area contributed by atoms with Crippen molar-refractivity contribution in [2.75, 3.05) is 33.4 Å². The van der Waals surface area contributed by atoms with Gasteiger partial charge >= 0.3 is 0 Å². The first-order chi connectivity index (χ1) is 9.72. The zero-order valence-corrected chi connectivity index (χ0v) is 15.0. The van der Waals surface area contributed by atoms with Gasteiger partial charge in [-0.25, -0.2) is 0 Å². The molecule has 0 radical (unpaired) electrons. The largest absolute Gasteiger partial charge is 0.381 e. The molecule has 1 atom stereocenters. The van der Waals surface area contributed by atoms with Gasteiger partial charge in [-0.05, 0) is 18.9 Å². The summed E-state index contributed by atoms with van der Waals surface area (Å²) in [4.78, 5) is 6.77. The number of aryl methyl sites for hydroxylation is 1. The first-order valence-electron chi connectivity index (χ1n) is 7.23. The Kier molecular flexibility index (Phi) is 5.48. The molecule has 0 saturated carbocycles. The molecular formula is C14H24IN5O. The van der Waals surface area contributed by atoms with Crippen LogP contribution >= 0.6 is 24.0 Å². The fourth-order valence-electron chi connectivity index (χ4n) is 3.16. The number of hydrogen-bond acceptors (Lipinski definition) is 3. The van der Waals surface area contributed by atoms with E-state index in [1.54, 1.807) is 0 Å². The molecule has 21 heavy (non-hydrogen) atoms. The Labute approximate surface area is 143 Å². The Morgan fingerprint density at radius 3 is 3.00 bits per heavy atom. The minimum Gasteiger partial charge on any atom is -0.381 e. The van der Waals surface area contributed by atoms with E-state index in [1.165, 1.54) is 12.8 Å². The second kappa shape index (κ2) is 6.95. The predicted octanol–water partition coefficient (Wildman–Crippen LogP) is 1.23. The summed E-state index contributed by atoms with van der Waals surface area (Å²) in [5.74, 6) is 0.981. The number of hydrogen-bond donors (Lipinski definition) is 1. The van der Waals surface area contributed by atoms with Gasteiger partial charge in [0, 0.05) is 45.4 Å². The van der Waals surface area contributed by atoms with Gasteiger partial charge in [0.25, 0.3) is 0 Å². The third-order valence-electron chi connectivity index (χ3n) is 4.48. The molecule has 2 aliphatic rings. The van der Waals surface area contributed by atoms with Gasteiger partial charge in [0.2, 0.25) is 0 Å². The first-order valence-corrected chi connectivity index (χ1v) is 7.23. The van der Waals surface area contributed by atoms with Gasteiger partial charge in [-0.2, -0.15) is 5.10 Å². The molecule has 3 rings (SSSR count). The van der Waals surface area contributed by atoms with E-state index in [2.05, 4.69) is 20.3 Å². The Morgan fingerprint density at radius 2 is 2.38 bits per heavy atom. The number of guanidine groups is 1. The minimum absolute atomic E-state index is 0. The van der Waals surface area contributed by atoms with Gasteiger partial charge in [-0.1, -0.05) is 0 Å². The van der Waals surface area contributed by atoms with Crippen LogP contribution in [-0.2, 0) is 18.3 Å². The molecule has 2 fully saturated rings. The minimum atomic E-state index is 0. The summed E-state index contributed by atoms with van der Waals surface area (Å²) in [6, 6.07) is 2.02. The number of halogens is 1. The van der Waals surface area contributed by atoms with Crippen LogP contribution in [0.25, 0.3) is 0 Å². The summed E-state index contributed by atoms with van der Waals surface area (Å²) in [5.41, 5.74) is 1.52. The molecule has 0 bridgehead atoms. The van der Waals surface area contributed by atoms with Crippen molar-refractivity contribution in [1.82, 2.24) is 20.0 Å². The number of nitrogens with zero attached hydrogens (tertiary/aromatic N) is 4. The van der Waals surface area contributed by atoms with Crippen molar-refractivity contribution in [2.24, 2.45) is 17.5 Å². The highest BCUT2D eigenvalue weighted by Gasteiger charge is 2.42. The first kappa shape index (κ1) is 16.5.